The minimum absolute atomic E-state index is 0.439. The van der Waals surface area contributed by atoms with Gasteiger partial charge in [0.25, 0.3) is 0 Å². The molecule has 0 spiro atoms. The number of halogens is 1. The van der Waals surface area contributed by atoms with Gasteiger partial charge in [-0.3, -0.25) is 0 Å². The molecule has 3 nitrogen and oxygen atoms in total. The Morgan fingerprint density at radius 2 is 2.16 bits per heavy atom. The van der Waals surface area contributed by atoms with E-state index in [0.717, 1.165) is 23.1 Å². The first-order chi connectivity index (χ1) is 9.08. The third-order valence-corrected chi connectivity index (χ3v) is 4.54. The number of nitrogens with one attached hydrogen (secondary N) is 1. The first kappa shape index (κ1) is 13.1. The minimum atomic E-state index is 0.439. The molecule has 19 heavy (non-hydrogen) atoms. The highest BCUT2D eigenvalue weighted by atomic mass is 79.9. The first-order valence-electron chi connectivity index (χ1n) is 6.96. The smallest absolute Gasteiger partial charge is 0.114 e. The van der Waals surface area contributed by atoms with Gasteiger partial charge in [0.15, 0.2) is 0 Å². The number of rotatable bonds is 2. The highest BCUT2D eigenvalue weighted by molar-refractivity contribution is 9.10. The zero-order valence-electron chi connectivity index (χ0n) is 11.7. The van der Waals surface area contributed by atoms with E-state index >= 15 is 0 Å². The molecular formula is C15H20BrN3. The molecule has 0 bridgehead atoms. The van der Waals surface area contributed by atoms with E-state index in [1.165, 1.54) is 11.3 Å². The summed E-state index contributed by atoms with van der Waals surface area (Å²) < 4.78 is 3.49. The highest BCUT2D eigenvalue weighted by Gasteiger charge is 2.30. The van der Waals surface area contributed by atoms with Crippen LogP contribution in [0.5, 0.6) is 0 Å². The van der Waals surface area contributed by atoms with E-state index in [1.807, 2.05) is 0 Å². The number of imidazole rings is 1. The van der Waals surface area contributed by atoms with E-state index < -0.39 is 0 Å². The lowest BCUT2D eigenvalue weighted by atomic mass is 9.97. The molecule has 1 aliphatic heterocycles. The highest BCUT2D eigenvalue weighted by Crippen LogP contribution is 2.32. The summed E-state index contributed by atoms with van der Waals surface area (Å²) in [5, 5.41) is 3.48. The zero-order chi connectivity index (χ0) is 13.6. The molecule has 0 unspecified atom stereocenters. The summed E-state index contributed by atoms with van der Waals surface area (Å²) in [5.41, 5.74) is 2.34. The average Bonchev–Trinajstić information content (AvgIpc) is 2.91. The second-order valence-electron chi connectivity index (χ2n) is 5.81. The van der Waals surface area contributed by atoms with Crippen LogP contribution in [-0.4, -0.2) is 22.6 Å². The number of benzene rings is 1. The van der Waals surface area contributed by atoms with Crippen molar-refractivity contribution >= 4 is 27.0 Å². The maximum Gasteiger partial charge on any atom is 0.114 e. The van der Waals surface area contributed by atoms with Crippen LogP contribution < -0.4 is 5.32 Å². The lowest BCUT2D eigenvalue weighted by molar-refractivity contribution is 0.492. The molecule has 1 aromatic carbocycles. The molecule has 4 heteroatoms. The van der Waals surface area contributed by atoms with Gasteiger partial charge in [-0.1, -0.05) is 22.9 Å². The van der Waals surface area contributed by atoms with E-state index in [2.05, 4.69) is 64.8 Å². The van der Waals surface area contributed by atoms with Gasteiger partial charge in [-0.15, -0.1) is 0 Å². The molecule has 1 aliphatic rings. The summed E-state index contributed by atoms with van der Waals surface area (Å²) in [5.74, 6) is 2.41. The van der Waals surface area contributed by atoms with Crippen molar-refractivity contribution in [1.82, 2.24) is 14.9 Å². The monoisotopic (exact) mass is 321 g/mol. The second kappa shape index (κ2) is 4.91. The average molecular weight is 322 g/mol. The minimum Gasteiger partial charge on any atom is -0.325 e. The van der Waals surface area contributed by atoms with Gasteiger partial charge in [0.1, 0.15) is 5.82 Å². The number of nitrogens with zero attached hydrogens (tertiary/aromatic N) is 2. The molecule has 2 heterocycles. The Hall–Kier alpha value is -0.870. The van der Waals surface area contributed by atoms with E-state index in [1.54, 1.807) is 0 Å². The second-order valence-corrected chi connectivity index (χ2v) is 6.72. The van der Waals surface area contributed by atoms with Gasteiger partial charge in [0, 0.05) is 23.0 Å². The Labute approximate surface area is 122 Å². The summed E-state index contributed by atoms with van der Waals surface area (Å²) >= 11 is 3.54. The Bertz CT molecular complexity index is 603. The van der Waals surface area contributed by atoms with Crippen molar-refractivity contribution < 1.29 is 0 Å². The van der Waals surface area contributed by atoms with Crippen LogP contribution in [0.25, 0.3) is 11.0 Å². The standard InChI is InChI=1S/C15H20BrN3/c1-9(2)19-14-5-4-11(16)6-13(14)18-15(19)12-8-17-7-10(12)3/h4-6,9-10,12,17H,7-8H2,1-3H3/t10-,12-/m1/s1. The van der Waals surface area contributed by atoms with E-state index in [9.17, 15) is 0 Å². The van der Waals surface area contributed by atoms with Crippen molar-refractivity contribution in [1.29, 1.82) is 0 Å². The molecule has 0 radical (unpaired) electrons. The summed E-state index contributed by atoms with van der Waals surface area (Å²) in [6, 6.07) is 6.82. The summed E-state index contributed by atoms with van der Waals surface area (Å²) in [6.45, 7) is 8.91. The fourth-order valence-corrected chi connectivity index (χ4v) is 3.40. The number of fused-ring (bicyclic) bond motifs is 1. The van der Waals surface area contributed by atoms with Crippen molar-refractivity contribution in [2.75, 3.05) is 13.1 Å². The van der Waals surface area contributed by atoms with Crippen LogP contribution in [0.1, 0.15) is 38.6 Å². The SMILES string of the molecule is CC(C)n1c([C@@H]2CNC[C@H]2C)nc2cc(Br)ccc21. The Morgan fingerprint density at radius 1 is 1.37 bits per heavy atom. The lowest BCUT2D eigenvalue weighted by Crippen LogP contribution is -2.16. The van der Waals surface area contributed by atoms with E-state index in [-0.39, 0.29) is 0 Å². The van der Waals surface area contributed by atoms with E-state index in [0.29, 0.717) is 17.9 Å². The van der Waals surface area contributed by atoms with Gasteiger partial charge in [0.2, 0.25) is 0 Å². The van der Waals surface area contributed by atoms with Crippen LogP contribution in [0.15, 0.2) is 22.7 Å². The summed E-state index contributed by atoms with van der Waals surface area (Å²) in [6.07, 6.45) is 0. The van der Waals surface area contributed by atoms with Gasteiger partial charge in [-0.05, 0) is 44.5 Å². The lowest BCUT2D eigenvalue weighted by Gasteiger charge is -2.19. The molecule has 0 aliphatic carbocycles. The van der Waals surface area contributed by atoms with Crippen LogP contribution in [0.4, 0.5) is 0 Å². The first-order valence-corrected chi connectivity index (χ1v) is 7.75. The predicted molar refractivity (Wildman–Crippen MR) is 82.6 cm³/mol. The van der Waals surface area contributed by atoms with Crippen molar-refractivity contribution in [3.05, 3.63) is 28.5 Å². The molecule has 1 N–H and O–H groups in total. The van der Waals surface area contributed by atoms with Gasteiger partial charge in [-0.25, -0.2) is 4.98 Å². The van der Waals surface area contributed by atoms with Crippen molar-refractivity contribution in [2.45, 2.75) is 32.7 Å². The molecule has 3 rings (SSSR count). The Balaban J connectivity index is 2.19. The molecule has 102 valence electrons. The third-order valence-electron chi connectivity index (χ3n) is 4.04. The third kappa shape index (κ3) is 2.21. The fourth-order valence-electron chi connectivity index (χ4n) is 3.05. The largest absolute Gasteiger partial charge is 0.325 e. The van der Waals surface area contributed by atoms with Crippen LogP contribution in [0, 0.1) is 5.92 Å². The van der Waals surface area contributed by atoms with Crippen molar-refractivity contribution in [3.63, 3.8) is 0 Å². The predicted octanol–water partition coefficient (Wildman–Crippen LogP) is 3.70. The fraction of sp³-hybridized carbons (Fsp3) is 0.533. The van der Waals surface area contributed by atoms with Crippen molar-refractivity contribution in [3.8, 4) is 0 Å². The molecule has 1 fully saturated rings. The molecular weight excluding hydrogens is 302 g/mol. The zero-order valence-corrected chi connectivity index (χ0v) is 13.2. The van der Waals surface area contributed by atoms with Gasteiger partial charge >= 0.3 is 0 Å². The number of hydrogen-bond acceptors (Lipinski definition) is 2. The quantitative estimate of drug-likeness (QED) is 0.914. The van der Waals surface area contributed by atoms with Crippen LogP contribution in [0.2, 0.25) is 0 Å². The van der Waals surface area contributed by atoms with Crippen LogP contribution in [-0.2, 0) is 0 Å². The molecule has 0 amide bonds. The van der Waals surface area contributed by atoms with Crippen LogP contribution in [0.3, 0.4) is 0 Å². The topological polar surface area (TPSA) is 29.9 Å². The summed E-state index contributed by atoms with van der Waals surface area (Å²) in [7, 11) is 0. The Kier molecular flexibility index (Phi) is 3.39. The van der Waals surface area contributed by atoms with E-state index in [4.69, 9.17) is 4.98 Å². The summed E-state index contributed by atoms with van der Waals surface area (Å²) in [4.78, 5) is 4.92. The molecule has 1 aromatic heterocycles. The number of hydrogen-bond donors (Lipinski definition) is 1. The van der Waals surface area contributed by atoms with Crippen molar-refractivity contribution in [2.24, 2.45) is 5.92 Å². The molecule has 2 atom stereocenters. The maximum absolute atomic E-state index is 4.92. The molecule has 1 saturated heterocycles. The molecule has 2 aromatic rings. The van der Waals surface area contributed by atoms with Gasteiger partial charge in [0.05, 0.1) is 11.0 Å². The van der Waals surface area contributed by atoms with Gasteiger partial charge < -0.3 is 9.88 Å². The maximum atomic E-state index is 4.92. The van der Waals surface area contributed by atoms with Crippen LogP contribution >= 0.6 is 15.9 Å². The van der Waals surface area contributed by atoms with Gasteiger partial charge in [-0.2, -0.15) is 0 Å². The number of aromatic nitrogens is 2. The molecule has 0 saturated carbocycles. The normalized spacial score (nSPS) is 23.6. The Morgan fingerprint density at radius 3 is 2.79 bits per heavy atom.